The van der Waals surface area contributed by atoms with Crippen molar-refractivity contribution in [2.24, 2.45) is 5.92 Å². The third-order valence-electron chi connectivity index (χ3n) is 4.64. The number of piperidine rings is 1. The molecule has 120 valence electrons. The molecule has 23 heavy (non-hydrogen) atoms. The Bertz CT molecular complexity index is 668. The Morgan fingerprint density at radius 3 is 2.57 bits per heavy atom. The quantitative estimate of drug-likeness (QED) is 0.931. The first-order chi connectivity index (χ1) is 11.1. The van der Waals surface area contributed by atoms with Gasteiger partial charge in [0.05, 0.1) is 12.0 Å². The van der Waals surface area contributed by atoms with Crippen LogP contribution in [-0.2, 0) is 4.79 Å². The molecule has 1 fully saturated rings. The summed E-state index contributed by atoms with van der Waals surface area (Å²) in [5.41, 5.74) is 3.70. The fraction of sp³-hybridized carbons (Fsp3) is 0.350. The summed E-state index contributed by atoms with van der Waals surface area (Å²) in [5, 5.41) is 9.40. The Kier molecular flexibility index (Phi) is 4.77. The zero-order valence-corrected chi connectivity index (χ0v) is 13.5. The van der Waals surface area contributed by atoms with Crippen LogP contribution in [0.4, 0.5) is 0 Å². The van der Waals surface area contributed by atoms with Gasteiger partial charge in [0.1, 0.15) is 0 Å². The monoisotopic (exact) mass is 309 g/mol. The summed E-state index contributed by atoms with van der Waals surface area (Å²) < 4.78 is 0. The van der Waals surface area contributed by atoms with E-state index in [1.54, 1.807) is 0 Å². The van der Waals surface area contributed by atoms with Crippen molar-refractivity contribution in [1.29, 1.82) is 0 Å². The molecule has 0 radical (unpaired) electrons. The highest BCUT2D eigenvalue weighted by atomic mass is 16.4. The van der Waals surface area contributed by atoms with Gasteiger partial charge in [0.15, 0.2) is 0 Å². The predicted octanol–water partition coefficient (Wildman–Crippen LogP) is 3.88. The van der Waals surface area contributed by atoms with Crippen LogP contribution in [0.2, 0.25) is 0 Å². The first kappa shape index (κ1) is 15.8. The number of nitrogens with zero attached hydrogens (tertiary/aromatic N) is 1. The van der Waals surface area contributed by atoms with Crippen LogP contribution in [0.3, 0.4) is 0 Å². The number of likely N-dealkylation sites (tertiary alicyclic amines) is 1. The van der Waals surface area contributed by atoms with Crippen molar-refractivity contribution in [3.05, 3.63) is 71.3 Å². The number of carboxylic acids is 1. The molecule has 1 heterocycles. The molecule has 1 N–H and O–H groups in total. The van der Waals surface area contributed by atoms with Crippen LogP contribution < -0.4 is 0 Å². The van der Waals surface area contributed by atoms with Crippen molar-refractivity contribution < 1.29 is 9.90 Å². The zero-order valence-electron chi connectivity index (χ0n) is 13.5. The first-order valence-electron chi connectivity index (χ1n) is 8.23. The molecule has 3 nitrogen and oxygen atoms in total. The van der Waals surface area contributed by atoms with Gasteiger partial charge in [-0.1, -0.05) is 60.2 Å². The number of aliphatic carboxylic acids is 1. The number of hydrogen-bond acceptors (Lipinski definition) is 2. The smallest absolute Gasteiger partial charge is 0.307 e. The summed E-state index contributed by atoms with van der Waals surface area (Å²) in [5.74, 6) is -0.939. The van der Waals surface area contributed by atoms with Gasteiger partial charge in [0.25, 0.3) is 0 Å². The van der Waals surface area contributed by atoms with E-state index in [1.165, 1.54) is 16.7 Å². The lowest BCUT2D eigenvalue weighted by Crippen LogP contribution is -2.41. The SMILES string of the molecule is Cc1cccc(C(c2ccccc2)N2CCCC(C(=O)O)C2)c1. The second-order valence-corrected chi connectivity index (χ2v) is 6.40. The average molecular weight is 309 g/mol. The molecular formula is C20H23NO2. The number of rotatable bonds is 4. The molecule has 1 aliphatic rings. The minimum absolute atomic E-state index is 0.123. The molecule has 1 saturated heterocycles. The summed E-state index contributed by atoms with van der Waals surface area (Å²) in [6, 6.07) is 19.1. The van der Waals surface area contributed by atoms with Gasteiger partial charge in [-0.15, -0.1) is 0 Å². The molecule has 0 aromatic heterocycles. The van der Waals surface area contributed by atoms with Crippen LogP contribution in [0.1, 0.15) is 35.6 Å². The van der Waals surface area contributed by atoms with Gasteiger partial charge in [0, 0.05) is 6.54 Å². The maximum atomic E-state index is 11.4. The predicted molar refractivity (Wildman–Crippen MR) is 91.4 cm³/mol. The highest BCUT2D eigenvalue weighted by molar-refractivity contribution is 5.70. The van der Waals surface area contributed by atoms with Crippen LogP contribution in [0, 0.1) is 12.8 Å². The third kappa shape index (κ3) is 3.62. The minimum atomic E-state index is -0.675. The molecule has 3 rings (SSSR count). The fourth-order valence-electron chi connectivity index (χ4n) is 3.53. The summed E-state index contributed by atoms with van der Waals surface area (Å²) in [4.78, 5) is 13.7. The summed E-state index contributed by atoms with van der Waals surface area (Å²) in [6.07, 6.45) is 1.72. The van der Waals surface area contributed by atoms with E-state index in [2.05, 4.69) is 60.4 Å². The van der Waals surface area contributed by atoms with Gasteiger partial charge >= 0.3 is 5.97 Å². The molecule has 1 aliphatic heterocycles. The molecule has 2 unspecified atom stereocenters. The molecule has 0 amide bonds. The van der Waals surface area contributed by atoms with Crippen molar-refractivity contribution in [3.8, 4) is 0 Å². The topological polar surface area (TPSA) is 40.5 Å². The van der Waals surface area contributed by atoms with E-state index in [-0.39, 0.29) is 12.0 Å². The van der Waals surface area contributed by atoms with Gasteiger partial charge in [-0.25, -0.2) is 0 Å². The standard InChI is InChI=1S/C20H23NO2/c1-15-7-5-10-17(13-15)19(16-8-3-2-4-9-16)21-12-6-11-18(14-21)20(22)23/h2-5,7-10,13,18-19H,6,11-12,14H2,1H3,(H,22,23). The number of benzene rings is 2. The molecule has 2 aromatic rings. The Morgan fingerprint density at radius 2 is 1.87 bits per heavy atom. The van der Waals surface area contributed by atoms with Gasteiger partial charge in [-0.05, 0) is 37.4 Å². The van der Waals surface area contributed by atoms with E-state index in [0.717, 1.165) is 19.4 Å². The van der Waals surface area contributed by atoms with E-state index < -0.39 is 5.97 Å². The molecule has 0 aliphatic carbocycles. The maximum absolute atomic E-state index is 11.4. The van der Waals surface area contributed by atoms with E-state index >= 15 is 0 Å². The van der Waals surface area contributed by atoms with Gasteiger partial charge in [0.2, 0.25) is 0 Å². The van der Waals surface area contributed by atoms with Crippen LogP contribution >= 0.6 is 0 Å². The van der Waals surface area contributed by atoms with Crippen molar-refractivity contribution >= 4 is 5.97 Å². The van der Waals surface area contributed by atoms with Gasteiger partial charge < -0.3 is 5.11 Å². The normalized spacial score (nSPS) is 20.1. The van der Waals surface area contributed by atoms with E-state index in [0.29, 0.717) is 6.54 Å². The fourth-order valence-corrected chi connectivity index (χ4v) is 3.53. The summed E-state index contributed by atoms with van der Waals surface area (Å²) in [7, 11) is 0. The zero-order chi connectivity index (χ0) is 16.2. The lowest BCUT2D eigenvalue weighted by atomic mass is 9.91. The molecule has 0 bridgehead atoms. The number of carboxylic acid groups (broad SMARTS) is 1. The van der Waals surface area contributed by atoms with Crippen molar-refractivity contribution in [2.45, 2.75) is 25.8 Å². The maximum Gasteiger partial charge on any atom is 0.307 e. The lowest BCUT2D eigenvalue weighted by molar-refractivity contribution is -0.143. The van der Waals surface area contributed by atoms with E-state index in [1.807, 2.05) is 6.07 Å². The van der Waals surface area contributed by atoms with Gasteiger partial charge in [-0.2, -0.15) is 0 Å². The number of aryl methyl sites for hydroxylation is 1. The molecular weight excluding hydrogens is 286 g/mol. The number of carbonyl (C=O) groups is 1. The summed E-state index contributed by atoms with van der Waals surface area (Å²) >= 11 is 0. The lowest BCUT2D eigenvalue weighted by Gasteiger charge is -2.37. The van der Waals surface area contributed by atoms with E-state index in [9.17, 15) is 9.90 Å². The highest BCUT2D eigenvalue weighted by Gasteiger charge is 2.31. The third-order valence-corrected chi connectivity index (χ3v) is 4.64. The van der Waals surface area contributed by atoms with Crippen molar-refractivity contribution in [1.82, 2.24) is 4.90 Å². The molecule has 2 aromatic carbocycles. The second kappa shape index (κ2) is 6.97. The summed E-state index contributed by atoms with van der Waals surface area (Å²) in [6.45, 7) is 3.65. The molecule has 3 heteroatoms. The van der Waals surface area contributed by atoms with Crippen LogP contribution in [0.5, 0.6) is 0 Å². The first-order valence-corrected chi connectivity index (χ1v) is 8.23. The van der Waals surface area contributed by atoms with Crippen LogP contribution in [0.25, 0.3) is 0 Å². The molecule has 0 saturated carbocycles. The Labute approximate surface area is 137 Å². The van der Waals surface area contributed by atoms with Crippen LogP contribution in [-0.4, -0.2) is 29.1 Å². The minimum Gasteiger partial charge on any atom is -0.481 e. The largest absolute Gasteiger partial charge is 0.481 e. The van der Waals surface area contributed by atoms with Crippen molar-refractivity contribution in [3.63, 3.8) is 0 Å². The van der Waals surface area contributed by atoms with Gasteiger partial charge in [-0.3, -0.25) is 9.69 Å². The Morgan fingerprint density at radius 1 is 1.13 bits per heavy atom. The van der Waals surface area contributed by atoms with E-state index in [4.69, 9.17) is 0 Å². The van der Waals surface area contributed by atoms with Crippen LogP contribution in [0.15, 0.2) is 54.6 Å². The Balaban J connectivity index is 1.97. The number of hydrogen-bond donors (Lipinski definition) is 1. The molecule has 0 spiro atoms. The second-order valence-electron chi connectivity index (χ2n) is 6.40. The average Bonchev–Trinajstić information content (AvgIpc) is 2.56. The highest BCUT2D eigenvalue weighted by Crippen LogP contribution is 2.32. The van der Waals surface area contributed by atoms with Crippen molar-refractivity contribution in [2.75, 3.05) is 13.1 Å². The Hall–Kier alpha value is -2.13. The molecule has 2 atom stereocenters.